The van der Waals surface area contributed by atoms with Gasteiger partial charge in [-0.25, -0.2) is 9.59 Å². The van der Waals surface area contributed by atoms with E-state index in [1.54, 1.807) is 14.0 Å². The van der Waals surface area contributed by atoms with Gasteiger partial charge in [-0.1, -0.05) is 12.1 Å². The van der Waals surface area contributed by atoms with Crippen molar-refractivity contribution in [3.63, 3.8) is 0 Å². The molecule has 170 valence electrons. The SMILES string of the molecule is CCOC(=O)c1cc(C(=O)OCC(=O)N(C)Cc2ccc(N(C)C)cc2)cc([N+](=O)[O-])c1. The Hall–Kier alpha value is -3.95. The minimum Gasteiger partial charge on any atom is -0.462 e. The molecule has 0 unspecified atom stereocenters. The lowest BCUT2D eigenvalue weighted by atomic mass is 10.1. The lowest BCUT2D eigenvalue weighted by Crippen LogP contribution is -2.30. The highest BCUT2D eigenvalue weighted by atomic mass is 16.6. The smallest absolute Gasteiger partial charge is 0.338 e. The van der Waals surface area contributed by atoms with Crippen molar-refractivity contribution in [3.8, 4) is 0 Å². The molecule has 0 aliphatic carbocycles. The number of carbonyl (C=O) groups is 3. The van der Waals surface area contributed by atoms with Crippen molar-refractivity contribution in [2.75, 3.05) is 39.3 Å². The highest BCUT2D eigenvalue weighted by Crippen LogP contribution is 2.19. The fraction of sp³-hybridized carbons (Fsp3) is 0.318. The summed E-state index contributed by atoms with van der Waals surface area (Å²) in [7, 11) is 5.42. The number of amides is 1. The third-order valence-electron chi connectivity index (χ3n) is 4.50. The van der Waals surface area contributed by atoms with Crippen molar-refractivity contribution < 1.29 is 28.8 Å². The minimum absolute atomic E-state index is 0.0695. The second-order valence-electron chi connectivity index (χ2n) is 7.13. The number of anilines is 1. The average molecular weight is 443 g/mol. The van der Waals surface area contributed by atoms with Gasteiger partial charge in [-0.05, 0) is 30.7 Å². The predicted molar refractivity (Wildman–Crippen MR) is 117 cm³/mol. The molecule has 0 saturated carbocycles. The summed E-state index contributed by atoms with van der Waals surface area (Å²) in [4.78, 5) is 50.4. The highest BCUT2D eigenvalue weighted by molar-refractivity contribution is 5.97. The van der Waals surface area contributed by atoms with E-state index in [0.717, 1.165) is 29.4 Å². The molecule has 0 radical (unpaired) electrons. The molecule has 0 bridgehead atoms. The molecule has 10 heteroatoms. The van der Waals surface area contributed by atoms with Crippen LogP contribution in [0.25, 0.3) is 0 Å². The quantitative estimate of drug-likeness (QED) is 0.330. The maximum Gasteiger partial charge on any atom is 0.338 e. The van der Waals surface area contributed by atoms with E-state index in [1.165, 1.54) is 4.90 Å². The third-order valence-corrected chi connectivity index (χ3v) is 4.50. The highest BCUT2D eigenvalue weighted by Gasteiger charge is 2.21. The summed E-state index contributed by atoms with van der Waals surface area (Å²) in [5.74, 6) is -2.22. The van der Waals surface area contributed by atoms with E-state index in [2.05, 4.69) is 0 Å². The number of ether oxygens (including phenoxy) is 2. The molecular weight excluding hydrogens is 418 g/mol. The lowest BCUT2D eigenvalue weighted by Gasteiger charge is -2.18. The van der Waals surface area contributed by atoms with Gasteiger partial charge in [0.15, 0.2) is 6.61 Å². The molecular formula is C22H25N3O7. The Morgan fingerprint density at radius 3 is 2.00 bits per heavy atom. The van der Waals surface area contributed by atoms with Crippen molar-refractivity contribution in [2.45, 2.75) is 13.5 Å². The Morgan fingerprint density at radius 1 is 0.938 bits per heavy atom. The molecule has 1 amide bonds. The van der Waals surface area contributed by atoms with Crippen LogP contribution in [0.1, 0.15) is 33.2 Å². The van der Waals surface area contributed by atoms with Crippen LogP contribution >= 0.6 is 0 Å². The van der Waals surface area contributed by atoms with E-state index in [9.17, 15) is 24.5 Å². The lowest BCUT2D eigenvalue weighted by molar-refractivity contribution is -0.384. The van der Waals surface area contributed by atoms with Crippen molar-refractivity contribution in [2.24, 2.45) is 0 Å². The molecule has 0 N–H and O–H groups in total. The van der Waals surface area contributed by atoms with Crippen molar-refractivity contribution in [1.29, 1.82) is 0 Å². The Kier molecular flexibility index (Phi) is 8.28. The van der Waals surface area contributed by atoms with Crippen molar-refractivity contribution in [3.05, 3.63) is 69.3 Å². The molecule has 0 aromatic heterocycles. The molecule has 0 fully saturated rings. The first-order valence-corrected chi connectivity index (χ1v) is 9.76. The number of nitrogens with zero attached hydrogens (tertiary/aromatic N) is 3. The summed E-state index contributed by atoms with van der Waals surface area (Å²) in [6.45, 7) is 1.42. The molecule has 0 atom stereocenters. The average Bonchev–Trinajstić information content (AvgIpc) is 2.77. The zero-order valence-corrected chi connectivity index (χ0v) is 18.4. The molecule has 10 nitrogen and oxygen atoms in total. The van der Waals surface area contributed by atoms with Crippen LogP contribution in [-0.2, 0) is 20.8 Å². The summed E-state index contributed by atoms with van der Waals surface area (Å²) < 4.78 is 9.84. The first kappa shape index (κ1) is 24.3. The van der Waals surface area contributed by atoms with Crippen LogP contribution in [0.3, 0.4) is 0 Å². The largest absolute Gasteiger partial charge is 0.462 e. The van der Waals surface area contributed by atoms with E-state index in [4.69, 9.17) is 9.47 Å². The predicted octanol–water partition coefficient (Wildman–Crippen LogP) is 2.65. The zero-order chi connectivity index (χ0) is 23.8. The Labute approximate surface area is 185 Å². The second kappa shape index (κ2) is 10.9. The molecule has 2 aromatic carbocycles. The van der Waals surface area contributed by atoms with Gasteiger partial charge in [0.2, 0.25) is 0 Å². The summed E-state index contributed by atoms with van der Waals surface area (Å²) in [6, 6.07) is 10.8. The van der Waals surface area contributed by atoms with Gasteiger partial charge in [0.05, 0.1) is 22.7 Å². The van der Waals surface area contributed by atoms with Gasteiger partial charge in [-0.15, -0.1) is 0 Å². The molecule has 0 heterocycles. The third kappa shape index (κ3) is 6.53. The van der Waals surface area contributed by atoms with Crippen LogP contribution in [0.2, 0.25) is 0 Å². The standard InChI is InChI=1S/C22H25N3O7/c1-5-31-21(27)16-10-17(12-19(11-16)25(29)30)22(28)32-14-20(26)24(4)13-15-6-8-18(9-7-15)23(2)3/h6-12H,5,13-14H2,1-4H3. The number of non-ortho nitro benzene ring substituents is 1. The molecule has 0 saturated heterocycles. The van der Waals surface area contributed by atoms with Crippen LogP contribution in [0.4, 0.5) is 11.4 Å². The van der Waals surface area contributed by atoms with Gasteiger partial charge in [0, 0.05) is 45.5 Å². The van der Waals surface area contributed by atoms with Gasteiger partial charge >= 0.3 is 11.9 Å². The van der Waals surface area contributed by atoms with Crippen LogP contribution < -0.4 is 4.90 Å². The minimum atomic E-state index is -0.962. The Balaban J connectivity index is 2.03. The number of likely N-dealkylation sites (N-methyl/N-ethyl adjacent to an activating group) is 1. The molecule has 32 heavy (non-hydrogen) atoms. The second-order valence-corrected chi connectivity index (χ2v) is 7.13. The number of esters is 2. The van der Waals surface area contributed by atoms with E-state index < -0.39 is 35.1 Å². The number of carbonyl (C=O) groups excluding carboxylic acids is 3. The molecule has 0 aliphatic heterocycles. The van der Waals surface area contributed by atoms with Gasteiger partial charge in [-0.2, -0.15) is 0 Å². The van der Waals surface area contributed by atoms with Gasteiger partial charge in [0.1, 0.15) is 0 Å². The fourth-order valence-corrected chi connectivity index (χ4v) is 2.75. The number of hydrogen-bond donors (Lipinski definition) is 0. The topological polar surface area (TPSA) is 119 Å². The normalized spacial score (nSPS) is 10.2. The number of nitro groups is 1. The van der Waals surface area contributed by atoms with Crippen LogP contribution in [-0.4, -0.2) is 62.0 Å². The summed E-state index contributed by atoms with van der Waals surface area (Å²) in [5.41, 5.74) is 1.08. The number of hydrogen-bond acceptors (Lipinski definition) is 8. The summed E-state index contributed by atoms with van der Waals surface area (Å²) in [6.07, 6.45) is 0. The Bertz CT molecular complexity index is 1000. The van der Waals surface area contributed by atoms with Gasteiger partial charge in [0.25, 0.3) is 11.6 Å². The van der Waals surface area contributed by atoms with Gasteiger partial charge < -0.3 is 19.3 Å². The fourth-order valence-electron chi connectivity index (χ4n) is 2.75. The van der Waals surface area contributed by atoms with E-state index in [-0.39, 0.29) is 17.7 Å². The molecule has 2 rings (SSSR count). The molecule has 0 spiro atoms. The van der Waals surface area contributed by atoms with Crippen molar-refractivity contribution >= 4 is 29.2 Å². The van der Waals surface area contributed by atoms with Gasteiger partial charge in [-0.3, -0.25) is 14.9 Å². The molecule has 2 aromatic rings. The summed E-state index contributed by atoms with van der Waals surface area (Å²) >= 11 is 0. The van der Waals surface area contributed by atoms with E-state index >= 15 is 0 Å². The first-order chi connectivity index (χ1) is 15.1. The number of nitro benzene ring substituents is 1. The van der Waals surface area contributed by atoms with Crippen LogP contribution in [0.15, 0.2) is 42.5 Å². The number of rotatable bonds is 9. The van der Waals surface area contributed by atoms with Crippen LogP contribution in [0, 0.1) is 10.1 Å². The maximum absolute atomic E-state index is 12.4. The zero-order valence-electron chi connectivity index (χ0n) is 18.4. The van der Waals surface area contributed by atoms with E-state index in [0.29, 0.717) is 6.54 Å². The monoisotopic (exact) mass is 443 g/mol. The molecule has 0 aliphatic rings. The maximum atomic E-state index is 12.4. The van der Waals surface area contributed by atoms with Crippen LogP contribution in [0.5, 0.6) is 0 Å². The Morgan fingerprint density at radius 2 is 1.50 bits per heavy atom. The number of benzene rings is 2. The summed E-state index contributed by atoms with van der Waals surface area (Å²) in [5, 5.41) is 11.1. The first-order valence-electron chi connectivity index (χ1n) is 9.76. The van der Waals surface area contributed by atoms with Crippen molar-refractivity contribution in [1.82, 2.24) is 4.90 Å². The van der Waals surface area contributed by atoms with E-state index in [1.807, 2.05) is 43.3 Å².